The van der Waals surface area contributed by atoms with Gasteiger partial charge in [0.2, 0.25) is 0 Å². The predicted octanol–water partition coefficient (Wildman–Crippen LogP) is 0.0524. The molecule has 0 atom stereocenters. The van der Waals surface area contributed by atoms with Crippen molar-refractivity contribution in [2.24, 2.45) is 5.90 Å². The average molecular weight is 115 g/mol. The van der Waals surface area contributed by atoms with Crippen LogP contribution in [0.1, 0.15) is 5.69 Å². The van der Waals surface area contributed by atoms with Crippen LogP contribution in [0.5, 0.6) is 0 Å². The molecular weight excluding hydrogens is 106 g/mol. The van der Waals surface area contributed by atoms with E-state index in [2.05, 4.69) is 15.9 Å². The molecule has 0 aliphatic rings. The van der Waals surface area contributed by atoms with E-state index in [0.717, 1.165) is 5.69 Å². The van der Waals surface area contributed by atoms with Crippen molar-refractivity contribution in [3.8, 4) is 0 Å². The second kappa shape index (κ2) is 4.29. The van der Waals surface area contributed by atoms with Gasteiger partial charge < -0.3 is 10.2 Å². The van der Waals surface area contributed by atoms with Crippen LogP contribution in [-0.2, 0) is 0 Å². The molecule has 0 spiro atoms. The van der Waals surface area contributed by atoms with Crippen LogP contribution in [0.3, 0.4) is 0 Å². The van der Waals surface area contributed by atoms with E-state index in [1.54, 1.807) is 12.5 Å². The Morgan fingerprint density at radius 3 is 2.50 bits per heavy atom. The van der Waals surface area contributed by atoms with Crippen LogP contribution in [-0.4, -0.2) is 15.2 Å². The molecule has 4 heteroatoms. The molecule has 1 heterocycles. The highest BCUT2D eigenvalue weighted by molar-refractivity contribution is 4.87. The van der Waals surface area contributed by atoms with Crippen LogP contribution in [0.25, 0.3) is 0 Å². The van der Waals surface area contributed by atoms with E-state index in [4.69, 9.17) is 5.21 Å². The number of aryl methyl sites for hydroxylation is 1. The highest BCUT2D eigenvalue weighted by Gasteiger charge is 1.73. The molecule has 0 fully saturated rings. The first-order valence-corrected chi connectivity index (χ1v) is 2.10. The summed E-state index contributed by atoms with van der Waals surface area (Å²) in [5, 5.41) is 6.50. The zero-order chi connectivity index (χ0) is 6.41. The number of H-pyrrole nitrogens is 1. The molecule has 8 heavy (non-hydrogen) atoms. The number of nitrogens with one attached hydrogen (secondary N) is 1. The maximum Gasteiger partial charge on any atom is 0.0921 e. The molecule has 0 amide bonds. The van der Waals surface area contributed by atoms with Crippen molar-refractivity contribution in [1.82, 2.24) is 9.97 Å². The summed E-state index contributed by atoms with van der Waals surface area (Å²) in [6.45, 7) is 1.97. The smallest absolute Gasteiger partial charge is 0.0921 e. The summed E-state index contributed by atoms with van der Waals surface area (Å²) < 4.78 is 0. The first-order valence-electron chi connectivity index (χ1n) is 2.10. The molecule has 1 aromatic heterocycles. The third-order valence-corrected chi connectivity index (χ3v) is 0.635. The fourth-order valence-electron chi connectivity index (χ4n) is 0.325. The predicted molar refractivity (Wildman–Crippen MR) is 29.3 cm³/mol. The minimum absolute atomic E-state index is 1.11. The van der Waals surface area contributed by atoms with Crippen LogP contribution in [0.4, 0.5) is 0 Å². The second-order valence-electron chi connectivity index (χ2n) is 1.23. The Balaban J connectivity index is 0.000000222. The number of hydrogen-bond donors (Lipinski definition) is 3. The third kappa shape index (κ3) is 2.33. The second-order valence-corrected chi connectivity index (χ2v) is 1.23. The van der Waals surface area contributed by atoms with E-state index in [1.807, 2.05) is 6.92 Å². The van der Waals surface area contributed by atoms with Crippen LogP contribution in [0, 0.1) is 6.92 Å². The van der Waals surface area contributed by atoms with Gasteiger partial charge in [-0.2, -0.15) is 0 Å². The van der Waals surface area contributed by atoms with Crippen molar-refractivity contribution in [3.05, 3.63) is 18.2 Å². The molecule has 4 N–H and O–H groups in total. The average Bonchev–Trinajstić information content (AvgIpc) is 2.24. The van der Waals surface area contributed by atoms with Crippen LogP contribution >= 0.6 is 0 Å². The molecule has 0 saturated heterocycles. The number of rotatable bonds is 0. The topological polar surface area (TPSA) is 74.9 Å². The summed E-state index contributed by atoms with van der Waals surface area (Å²) in [5.41, 5.74) is 1.11. The van der Waals surface area contributed by atoms with Gasteiger partial charge >= 0.3 is 0 Å². The normalized spacial score (nSPS) is 7.38. The molecule has 0 aliphatic carbocycles. The van der Waals surface area contributed by atoms with Crippen molar-refractivity contribution < 1.29 is 5.21 Å². The number of hydrogen-bond acceptors (Lipinski definition) is 3. The van der Waals surface area contributed by atoms with E-state index >= 15 is 0 Å². The molecule has 0 aromatic carbocycles. The highest BCUT2D eigenvalue weighted by atomic mass is 16.4. The highest BCUT2D eigenvalue weighted by Crippen LogP contribution is 1.81. The fraction of sp³-hybridized carbons (Fsp3) is 0.250. The van der Waals surface area contributed by atoms with Gasteiger partial charge in [0, 0.05) is 11.9 Å². The SMILES string of the molecule is Cc1cnc[nH]1.NO. The Bertz CT molecular complexity index is 115. The molecule has 0 radical (unpaired) electrons. The first-order chi connectivity index (χ1) is 3.89. The van der Waals surface area contributed by atoms with Gasteiger partial charge in [-0.1, -0.05) is 0 Å². The molecule has 0 unspecified atom stereocenters. The largest absolute Gasteiger partial charge is 0.349 e. The van der Waals surface area contributed by atoms with Crippen molar-refractivity contribution in [2.75, 3.05) is 0 Å². The Morgan fingerprint density at radius 2 is 2.38 bits per heavy atom. The Hall–Kier alpha value is -0.870. The van der Waals surface area contributed by atoms with Gasteiger partial charge in [-0.05, 0) is 6.92 Å². The standard InChI is InChI=1S/C4H6N2.H3NO/c1-4-2-5-3-6-4;1-2/h2-3H,1H3,(H,5,6);2H,1H2. The monoisotopic (exact) mass is 115 g/mol. The minimum atomic E-state index is 1.11. The fourth-order valence-corrected chi connectivity index (χ4v) is 0.325. The number of nitrogens with zero attached hydrogens (tertiary/aromatic N) is 1. The zero-order valence-corrected chi connectivity index (χ0v) is 4.63. The molecule has 1 aromatic rings. The van der Waals surface area contributed by atoms with Crippen LogP contribution < -0.4 is 5.90 Å². The summed E-state index contributed by atoms with van der Waals surface area (Å²) in [6, 6.07) is 0. The van der Waals surface area contributed by atoms with Crippen LogP contribution in [0.2, 0.25) is 0 Å². The first kappa shape index (κ1) is 7.13. The number of aromatic amines is 1. The van der Waals surface area contributed by atoms with Crippen LogP contribution in [0.15, 0.2) is 12.5 Å². The van der Waals surface area contributed by atoms with E-state index in [1.165, 1.54) is 0 Å². The van der Waals surface area contributed by atoms with Gasteiger partial charge in [0.25, 0.3) is 0 Å². The molecule has 46 valence electrons. The molecule has 0 aliphatic heterocycles. The van der Waals surface area contributed by atoms with Crippen molar-refractivity contribution in [2.45, 2.75) is 6.92 Å². The van der Waals surface area contributed by atoms with E-state index in [0.29, 0.717) is 0 Å². The summed E-state index contributed by atoms with van der Waals surface area (Å²) >= 11 is 0. The van der Waals surface area contributed by atoms with Gasteiger partial charge in [0.1, 0.15) is 0 Å². The Labute approximate surface area is 47.3 Å². The van der Waals surface area contributed by atoms with Gasteiger partial charge in [-0.3, -0.25) is 0 Å². The van der Waals surface area contributed by atoms with Gasteiger partial charge in [0.05, 0.1) is 6.33 Å². The van der Waals surface area contributed by atoms with Crippen molar-refractivity contribution in [1.29, 1.82) is 0 Å². The molecule has 4 nitrogen and oxygen atoms in total. The van der Waals surface area contributed by atoms with E-state index < -0.39 is 0 Å². The van der Waals surface area contributed by atoms with Gasteiger partial charge in [-0.25, -0.2) is 10.9 Å². The zero-order valence-electron chi connectivity index (χ0n) is 4.63. The summed E-state index contributed by atoms with van der Waals surface area (Å²) in [7, 11) is 0. The number of imidazole rings is 1. The minimum Gasteiger partial charge on any atom is -0.349 e. The van der Waals surface area contributed by atoms with E-state index in [-0.39, 0.29) is 0 Å². The lowest BCUT2D eigenvalue weighted by molar-refractivity contribution is 0.311. The third-order valence-electron chi connectivity index (χ3n) is 0.635. The molecule has 0 saturated carbocycles. The lowest BCUT2D eigenvalue weighted by Gasteiger charge is -1.67. The maximum atomic E-state index is 6.50. The number of nitrogens with two attached hydrogens (primary N) is 1. The van der Waals surface area contributed by atoms with Gasteiger partial charge in [0.15, 0.2) is 0 Å². The molecule has 0 bridgehead atoms. The maximum absolute atomic E-state index is 6.50. The summed E-state index contributed by atoms with van der Waals surface area (Å²) in [4.78, 5) is 6.66. The van der Waals surface area contributed by atoms with Crippen molar-refractivity contribution >= 4 is 0 Å². The summed E-state index contributed by atoms with van der Waals surface area (Å²) in [6.07, 6.45) is 3.44. The molecule has 1 rings (SSSR count). The van der Waals surface area contributed by atoms with E-state index in [9.17, 15) is 0 Å². The number of aromatic nitrogens is 2. The molecular formula is C4H9N3O. The Morgan fingerprint density at radius 1 is 1.75 bits per heavy atom. The lowest BCUT2D eigenvalue weighted by Crippen LogP contribution is -1.72. The Kier molecular flexibility index (Phi) is 3.83. The lowest BCUT2D eigenvalue weighted by atomic mass is 10.6. The quantitative estimate of drug-likeness (QED) is 0.418. The van der Waals surface area contributed by atoms with Gasteiger partial charge in [-0.15, -0.1) is 0 Å². The summed E-state index contributed by atoms with van der Waals surface area (Å²) in [5.74, 6) is 3.50. The van der Waals surface area contributed by atoms with Crippen molar-refractivity contribution in [3.63, 3.8) is 0 Å².